The first kappa shape index (κ1) is 26.2. The molecule has 1 amide bonds. The van der Waals surface area contributed by atoms with Crippen molar-refractivity contribution >= 4 is 47.2 Å². The number of aliphatic hydroxyl groups excluding tert-OH is 2. The number of aromatic nitrogens is 1. The maximum atomic E-state index is 12.9. The first-order valence-corrected chi connectivity index (χ1v) is 12.4. The molecule has 186 valence electrons. The Labute approximate surface area is 205 Å². The van der Waals surface area contributed by atoms with E-state index < -0.39 is 36.5 Å². The average molecular weight is 513 g/mol. The number of thiazole rings is 1. The Morgan fingerprint density at radius 1 is 1.35 bits per heavy atom. The number of thioether (sulfide) groups is 1. The lowest BCUT2D eigenvalue weighted by molar-refractivity contribution is -0.167. The number of amides is 1. The number of nitrogens with zero attached hydrogens (tertiary/aromatic N) is 2. The van der Waals surface area contributed by atoms with Crippen LogP contribution in [0.1, 0.15) is 45.2 Å². The molecular weight excluding hydrogens is 484 g/mol. The van der Waals surface area contributed by atoms with Crippen LogP contribution in [0, 0.1) is 11.8 Å². The molecule has 2 aliphatic rings. The zero-order chi connectivity index (χ0) is 25.2. The second-order valence-corrected chi connectivity index (χ2v) is 10.7. The van der Waals surface area contributed by atoms with Gasteiger partial charge in [-0.1, -0.05) is 18.7 Å². The zero-order valence-electron chi connectivity index (χ0n) is 19.5. The largest absolute Gasteiger partial charge is 0.511 e. The van der Waals surface area contributed by atoms with Gasteiger partial charge in [-0.2, -0.15) is 0 Å². The van der Waals surface area contributed by atoms with Crippen LogP contribution in [0.2, 0.25) is 0 Å². The highest BCUT2D eigenvalue weighted by atomic mass is 32.2. The molecule has 0 unspecified atom stereocenters. The van der Waals surface area contributed by atoms with Gasteiger partial charge < -0.3 is 29.3 Å². The Kier molecular flexibility index (Phi) is 8.06. The van der Waals surface area contributed by atoms with E-state index in [2.05, 4.69) is 4.98 Å². The number of fused-ring (bicyclic) bond motifs is 1. The van der Waals surface area contributed by atoms with Gasteiger partial charge in [0.2, 0.25) is 12.7 Å². The van der Waals surface area contributed by atoms with E-state index in [4.69, 9.17) is 14.2 Å². The molecule has 0 saturated carbocycles. The number of esters is 1. The van der Waals surface area contributed by atoms with E-state index >= 15 is 0 Å². The van der Waals surface area contributed by atoms with Gasteiger partial charge in [-0.25, -0.2) is 14.6 Å². The molecule has 0 aromatic carbocycles. The topological polar surface area (TPSA) is 135 Å². The van der Waals surface area contributed by atoms with Crippen molar-refractivity contribution in [2.45, 2.75) is 59.0 Å². The van der Waals surface area contributed by atoms with Gasteiger partial charge in [-0.3, -0.25) is 4.79 Å². The molecule has 34 heavy (non-hydrogen) atoms. The lowest BCUT2D eigenvalue weighted by atomic mass is 9.79. The molecule has 4 atom stereocenters. The molecule has 0 spiro atoms. The summed E-state index contributed by atoms with van der Waals surface area (Å²) in [5.41, 5.74) is 1.47. The Bertz CT molecular complexity index is 1010. The van der Waals surface area contributed by atoms with Crippen LogP contribution in [-0.2, 0) is 30.4 Å². The Balaban J connectivity index is 1.77. The predicted octanol–water partition coefficient (Wildman–Crippen LogP) is 2.86. The van der Waals surface area contributed by atoms with Crippen molar-refractivity contribution in [2.24, 2.45) is 11.8 Å². The zero-order valence-corrected chi connectivity index (χ0v) is 21.1. The Morgan fingerprint density at radius 2 is 2.06 bits per heavy atom. The number of rotatable bonds is 8. The molecule has 1 aromatic rings. The number of carbonyl (C=O) groups excluding carboxylic acids is 3. The molecular formula is C22H28N2O8S2. The molecule has 2 aliphatic heterocycles. The van der Waals surface area contributed by atoms with E-state index in [-0.39, 0.29) is 30.2 Å². The lowest BCUT2D eigenvalue weighted by Gasteiger charge is -2.46. The van der Waals surface area contributed by atoms with Crippen molar-refractivity contribution in [1.29, 1.82) is 0 Å². The summed E-state index contributed by atoms with van der Waals surface area (Å²) in [6, 6.07) is -0.380. The van der Waals surface area contributed by atoms with Crippen molar-refractivity contribution in [3.63, 3.8) is 0 Å². The molecule has 1 aromatic heterocycles. The smallest absolute Gasteiger partial charge is 0.428 e. The fourth-order valence-electron chi connectivity index (χ4n) is 3.85. The SMILES string of the molecule is C[C@@H](O)[C@H]1C(=O)N2C(C(=O)OCOC(=O)OC(C)(C)C)=C(S/C=C\c3scnc3CO)[C@H](C)[C@H]12. The van der Waals surface area contributed by atoms with Gasteiger partial charge >= 0.3 is 12.1 Å². The molecule has 3 heterocycles. The van der Waals surface area contributed by atoms with Crippen LogP contribution in [0.4, 0.5) is 4.79 Å². The summed E-state index contributed by atoms with van der Waals surface area (Å²) in [6.45, 7) is 7.57. The second-order valence-electron chi connectivity index (χ2n) is 8.87. The summed E-state index contributed by atoms with van der Waals surface area (Å²) < 4.78 is 14.9. The van der Waals surface area contributed by atoms with Gasteiger partial charge in [0, 0.05) is 10.8 Å². The first-order chi connectivity index (χ1) is 16.0. The number of β-lactam (4-membered cyclic amide) rings is 1. The van der Waals surface area contributed by atoms with Crippen molar-refractivity contribution in [2.75, 3.05) is 6.79 Å². The number of ether oxygens (including phenoxy) is 3. The minimum absolute atomic E-state index is 0.0634. The fourth-order valence-corrected chi connectivity index (χ4v) is 5.63. The van der Waals surface area contributed by atoms with Gasteiger partial charge in [0.05, 0.1) is 40.8 Å². The summed E-state index contributed by atoms with van der Waals surface area (Å²) in [5.74, 6) is -2.04. The molecule has 3 rings (SSSR count). The first-order valence-electron chi connectivity index (χ1n) is 10.6. The summed E-state index contributed by atoms with van der Waals surface area (Å²) >= 11 is 2.61. The summed E-state index contributed by atoms with van der Waals surface area (Å²) in [6.07, 6.45) is -0.0813. The van der Waals surface area contributed by atoms with Crippen LogP contribution in [0.3, 0.4) is 0 Å². The molecule has 1 fully saturated rings. The number of hydrogen-bond donors (Lipinski definition) is 2. The van der Waals surface area contributed by atoms with Gasteiger partial charge in [0.1, 0.15) is 11.3 Å². The van der Waals surface area contributed by atoms with E-state index in [0.717, 1.165) is 4.88 Å². The molecule has 0 radical (unpaired) electrons. The predicted molar refractivity (Wildman–Crippen MR) is 125 cm³/mol. The third kappa shape index (κ3) is 5.45. The quantitative estimate of drug-likeness (QED) is 0.304. The minimum atomic E-state index is -0.983. The highest BCUT2D eigenvalue weighted by Gasteiger charge is 2.60. The van der Waals surface area contributed by atoms with E-state index in [9.17, 15) is 24.6 Å². The van der Waals surface area contributed by atoms with E-state index in [1.54, 1.807) is 44.7 Å². The van der Waals surface area contributed by atoms with Gasteiger partial charge in [-0.15, -0.1) is 11.3 Å². The van der Waals surface area contributed by atoms with Crippen LogP contribution in [-0.4, -0.2) is 62.7 Å². The molecule has 1 saturated heterocycles. The fraction of sp³-hybridized carbons (Fsp3) is 0.545. The van der Waals surface area contributed by atoms with Crippen LogP contribution in [0.15, 0.2) is 21.5 Å². The Morgan fingerprint density at radius 3 is 2.68 bits per heavy atom. The standard InChI is InChI=1S/C22H28N2O8S2/c1-11-16-15(12(2)26)19(27)24(16)17(20(28)30-10-31-21(29)32-22(3,4)5)18(11)33-7-6-14-13(8-25)23-9-34-14/h6-7,9,11-12,15-16,25-26H,8,10H2,1-5H3/b7-6-/t11-,12-,15-,16-/m1/s1. The molecule has 0 aliphatic carbocycles. The normalized spacial score (nSPS) is 23.1. The molecule has 12 heteroatoms. The molecule has 2 N–H and O–H groups in total. The summed E-state index contributed by atoms with van der Waals surface area (Å²) in [7, 11) is 0. The maximum absolute atomic E-state index is 12.9. The van der Waals surface area contributed by atoms with Gasteiger partial charge in [0.25, 0.3) is 0 Å². The second kappa shape index (κ2) is 10.5. The van der Waals surface area contributed by atoms with Crippen LogP contribution >= 0.6 is 23.1 Å². The number of aliphatic hydroxyl groups is 2. The maximum Gasteiger partial charge on any atom is 0.511 e. The molecule has 10 nitrogen and oxygen atoms in total. The van der Waals surface area contributed by atoms with Crippen molar-refractivity contribution in [3.05, 3.63) is 32.1 Å². The monoisotopic (exact) mass is 512 g/mol. The van der Waals surface area contributed by atoms with E-state index in [1.165, 1.54) is 28.0 Å². The molecule has 0 bridgehead atoms. The lowest BCUT2D eigenvalue weighted by Crippen LogP contribution is -2.63. The van der Waals surface area contributed by atoms with Crippen LogP contribution < -0.4 is 0 Å². The van der Waals surface area contributed by atoms with Crippen molar-refractivity contribution in [1.82, 2.24) is 9.88 Å². The minimum Gasteiger partial charge on any atom is -0.428 e. The third-order valence-corrected chi connectivity index (χ3v) is 7.22. The van der Waals surface area contributed by atoms with E-state index in [0.29, 0.717) is 10.6 Å². The third-order valence-electron chi connectivity index (χ3n) is 5.30. The number of carbonyl (C=O) groups is 3. The van der Waals surface area contributed by atoms with Gasteiger partial charge in [-0.05, 0) is 39.2 Å². The van der Waals surface area contributed by atoms with Crippen molar-refractivity contribution < 1.29 is 38.8 Å². The highest BCUT2D eigenvalue weighted by molar-refractivity contribution is 8.06. The number of hydrogen-bond acceptors (Lipinski definition) is 11. The van der Waals surface area contributed by atoms with Gasteiger partial charge in [0.15, 0.2) is 0 Å². The van der Waals surface area contributed by atoms with Crippen LogP contribution in [0.5, 0.6) is 0 Å². The Hall–Kier alpha value is -2.41. The van der Waals surface area contributed by atoms with E-state index in [1.807, 2.05) is 6.92 Å². The van der Waals surface area contributed by atoms with Crippen molar-refractivity contribution in [3.8, 4) is 0 Å². The summed E-state index contributed by atoms with van der Waals surface area (Å²) in [5, 5.41) is 21.2. The average Bonchev–Trinajstić information content (AvgIpc) is 3.27. The highest BCUT2D eigenvalue weighted by Crippen LogP contribution is 2.51. The van der Waals surface area contributed by atoms with Crippen LogP contribution in [0.25, 0.3) is 6.08 Å². The summed E-state index contributed by atoms with van der Waals surface area (Å²) in [4.78, 5) is 44.2.